The summed E-state index contributed by atoms with van der Waals surface area (Å²) in [7, 11) is 1.66. The second-order valence-corrected chi connectivity index (χ2v) is 8.03. The second-order valence-electron chi connectivity index (χ2n) is 5.86. The molecule has 136 valence electrons. The summed E-state index contributed by atoms with van der Waals surface area (Å²) < 4.78 is 5.28. The molecule has 1 aromatic carbocycles. The van der Waals surface area contributed by atoms with E-state index in [0.29, 0.717) is 10.9 Å². The molecular formula is C19H21N3O2S2. The zero-order chi connectivity index (χ0) is 18.7. The summed E-state index contributed by atoms with van der Waals surface area (Å²) in [5.41, 5.74) is 2.99. The highest BCUT2D eigenvalue weighted by atomic mass is 32.2. The van der Waals surface area contributed by atoms with Crippen LogP contribution in [0, 0.1) is 13.8 Å². The summed E-state index contributed by atoms with van der Waals surface area (Å²) in [6, 6.07) is 7.95. The van der Waals surface area contributed by atoms with Crippen molar-refractivity contribution in [3.8, 4) is 5.75 Å². The molecule has 1 N–H and O–H groups in total. The van der Waals surface area contributed by atoms with Crippen molar-refractivity contribution < 1.29 is 9.53 Å². The molecule has 0 aliphatic rings. The monoisotopic (exact) mass is 387 g/mol. The molecule has 7 heteroatoms. The van der Waals surface area contributed by atoms with Gasteiger partial charge >= 0.3 is 0 Å². The van der Waals surface area contributed by atoms with Gasteiger partial charge in [0.2, 0.25) is 5.91 Å². The Balaban J connectivity index is 1.74. The maximum absolute atomic E-state index is 12.2. The van der Waals surface area contributed by atoms with E-state index < -0.39 is 0 Å². The Hall–Kier alpha value is -2.12. The van der Waals surface area contributed by atoms with E-state index in [1.807, 2.05) is 32.0 Å². The Morgan fingerprint density at radius 3 is 2.73 bits per heavy atom. The maximum Gasteiger partial charge on any atom is 0.236 e. The first-order chi connectivity index (χ1) is 12.5. The molecule has 5 nitrogen and oxygen atoms in total. The van der Waals surface area contributed by atoms with Gasteiger partial charge in [0.1, 0.15) is 10.8 Å². The number of benzene rings is 1. The van der Waals surface area contributed by atoms with Crippen LogP contribution < -0.4 is 10.1 Å². The number of thiazole rings is 1. The summed E-state index contributed by atoms with van der Waals surface area (Å²) in [5.74, 6) is 1.05. The third-order valence-electron chi connectivity index (χ3n) is 4.06. The number of thioether (sulfide) groups is 1. The number of hydrogen-bond donors (Lipinski definition) is 1. The minimum atomic E-state index is -0.0672. The largest absolute Gasteiger partial charge is 0.497 e. The van der Waals surface area contributed by atoms with Crippen molar-refractivity contribution in [1.29, 1.82) is 0 Å². The fraction of sp³-hybridized carbons (Fsp3) is 0.316. The highest BCUT2D eigenvalue weighted by molar-refractivity contribution is 8.00. The van der Waals surface area contributed by atoms with Gasteiger partial charge in [-0.3, -0.25) is 4.79 Å². The van der Waals surface area contributed by atoms with Crippen LogP contribution in [0.15, 0.2) is 29.3 Å². The van der Waals surface area contributed by atoms with Crippen LogP contribution in [0.2, 0.25) is 0 Å². The lowest BCUT2D eigenvalue weighted by Crippen LogP contribution is -2.14. The lowest BCUT2D eigenvalue weighted by Gasteiger charge is -2.10. The van der Waals surface area contributed by atoms with E-state index in [4.69, 9.17) is 9.72 Å². The van der Waals surface area contributed by atoms with Crippen molar-refractivity contribution in [3.05, 3.63) is 40.4 Å². The van der Waals surface area contributed by atoms with Gasteiger partial charge in [-0.25, -0.2) is 9.97 Å². The highest BCUT2D eigenvalue weighted by Crippen LogP contribution is 2.28. The van der Waals surface area contributed by atoms with Crippen LogP contribution in [0.4, 0.5) is 5.13 Å². The second kappa shape index (κ2) is 8.05. The first-order valence-corrected chi connectivity index (χ1v) is 10.1. The number of carbonyl (C=O) groups excluding carboxylic acids is 1. The number of carbonyl (C=O) groups is 1. The van der Waals surface area contributed by atoms with Gasteiger partial charge in [-0.15, -0.1) is 11.3 Å². The fourth-order valence-corrected chi connectivity index (χ4v) is 4.22. The Bertz CT molecular complexity index is 934. The van der Waals surface area contributed by atoms with Crippen molar-refractivity contribution in [2.24, 2.45) is 0 Å². The number of amides is 1. The molecule has 3 aromatic rings. The van der Waals surface area contributed by atoms with Crippen molar-refractivity contribution in [2.75, 3.05) is 18.2 Å². The number of rotatable bonds is 6. The maximum atomic E-state index is 12.2. The van der Waals surface area contributed by atoms with Crippen molar-refractivity contribution in [2.45, 2.75) is 32.2 Å². The molecule has 0 saturated carbocycles. The predicted molar refractivity (Wildman–Crippen MR) is 109 cm³/mol. The van der Waals surface area contributed by atoms with Crippen LogP contribution in [0.25, 0.3) is 10.9 Å². The highest BCUT2D eigenvalue weighted by Gasteiger charge is 2.12. The molecule has 3 rings (SSSR count). The van der Waals surface area contributed by atoms with E-state index in [9.17, 15) is 4.79 Å². The molecule has 0 radical (unpaired) electrons. The molecule has 2 heterocycles. The van der Waals surface area contributed by atoms with Crippen LogP contribution in [0.5, 0.6) is 5.75 Å². The Morgan fingerprint density at radius 2 is 2.08 bits per heavy atom. The van der Waals surface area contributed by atoms with E-state index >= 15 is 0 Å². The number of methoxy groups -OCH3 is 1. The van der Waals surface area contributed by atoms with Crippen molar-refractivity contribution in [3.63, 3.8) is 0 Å². The lowest BCUT2D eigenvalue weighted by molar-refractivity contribution is -0.113. The van der Waals surface area contributed by atoms with Gasteiger partial charge in [-0.1, -0.05) is 18.7 Å². The van der Waals surface area contributed by atoms with Crippen LogP contribution in [-0.4, -0.2) is 28.7 Å². The molecular weight excluding hydrogens is 366 g/mol. The van der Waals surface area contributed by atoms with Gasteiger partial charge < -0.3 is 10.1 Å². The zero-order valence-electron chi connectivity index (χ0n) is 15.3. The van der Waals surface area contributed by atoms with Gasteiger partial charge in [0.05, 0.1) is 24.1 Å². The Kier molecular flexibility index (Phi) is 5.78. The summed E-state index contributed by atoms with van der Waals surface area (Å²) in [6.07, 6.45) is 0.856. The molecule has 26 heavy (non-hydrogen) atoms. The number of aromatic nitrogens is 2. The van der Waals surface area contributed by atoms with Crippen LogP contribution in [0.1, 0.15) is 23.1 Å². The average molecular weight is 388 g/mol. The zero-order valence-corrected chi connectivity index (χ0v) is 16.9. The fourth-order valence-electron chi connectivity index (χ4n) is 2.50. The van der Waals surface area contributed by atoms with E-state index in [1.165, 1.54) is 23.1 Å². The molecule has 0 fully saturated rings. The first-order valence-electron chi connectivity index (χ1n) is 8.34. The number of nitrogens with zero attached hydrogens (tertiary/aromatic N) is 2. The van der Waals surface area contributed by atoms with Crippen LogP contribution >= 0.6 is 23.1 Å². The molecule has 2 aromatic heterocycles. The van der Waals surface area contributed by atoms with E-state index in [2.05, 4.69) is 23.3 Å². The first kappa shape index (κ1) is 18.7. The number of pyridine rings is 1. The van der Waals surface area contributed by atoms with E-state index in [0.717, 1.165) is 44.2 Å². The quantitative estimate of drug-likeness (QED) is 0.626. The molecule has 0 saturated heterocycles. The van der Waals surface area contributed by atoms with Crippen molar-refractivity contribution >= 4 is 45.0 Å². The van der Waals surface area contributed by atoms with Gasteiger partial charge in [-0.05, 0) is 50.1 Å². The van der Waals surface area contributed by atoms with Crippen molar-refractivity contribution in [1.82, 2.24) is 9.97 Å². The van der Waals surface area contributed by atoms with Crippen LogP contribution in [-0.2, 0) is 11.2 Å². The van der Waals surface area contributed by atoms with E-state index in [1.54, 1.807) is 7.11 Å². The number of aryl methyl sites for hydroxylation is 3. The number of hydrogen-bond acceptors (Lipinski definition) is 6. The average Bonchev–Trinajstić information content (AvgIpc) is 2.95. The Morgan fingerprint density at radius 1 is 1.27 bits per heavy atom. The van der Waals surface area contributed by atoms with Gasteiger partial charge in [0.25, 0.3) is 0 Å². The van der Waals surface area contributed by atoms with Crippen LogP contribution in [0.3, 0.4) is 0 Å². The summed E-state index contributed by atoms with van der Waals surface area (Å²) in [5, 5.41) is 5.46. The SMILES string of the molecule is CCc1cc2cc(OC)ccc2nc1SCC(=O)Nc1nc(C)c(C)s1. The molecule has 0 unspecified atom stereocenters. The summed E-state index contributed by atoms with van der Waals surface area (Å²) in [6.45, 7) is 6.03. The van der Waals surface area contributed by atoms with Gasteiger partial charge in [0.15, 0.2) is 5.13 Å². The molecule has 1 amide bonds. The number of nitrogens with one attached hydrogen (secondary N) is 1. The summed E-state index contributed by atoms with van der Waals surface area (Å²) >= 11 is 2.95. The number of fused-ring (bicyclic) bond motifs is 1. The molecule has 0 atom stereocenters. The molecule has 0 bridgehead atoms. The topological polar surface area (TPSA) is 64.1 Å². The minimum Gasteiger partial charge on any atom is -0.497 e. The van der Waals surface area contributed by atoms with E-state index in [-0.39, 0.29) is 5.91 Å². The predicted octanol–water partition coefficient (Wildman–Crippen LogP) is 4.61. The smallest absolute Gasteiger partial charge is 0.236 e. The third-order valence-corrected chi connectivity index (χ3v) is 6.08. The lowest BCUT2D eigenvalue weighted by atomic mass is 10.1. The minimum absolute atomic E-state index is 0.0672. The normalized spacial score (nSPS) is 10.9. The number of ether oxygens (including phenoxy) is 1. The molecule has 0 aliphatic heterocycles. The van der Waals surface area contributed by atoms with Gasteiger partial charge in [-0.2, -0.15) is 0 Å². The standard InChI is InChI=1S/C19H21N3O2S2/c1-5-13-8-14-9-15(24-4)6-7-16(14)21-18(13)25-10-17(23)22-19-20-11(2)12(3)26-19/h6-9H,5,10H2,1-4H3,(H,20,22,23). The summed E-state index contributed by atoms with van der Waals surface area (Å²) in [4.78, 5) is 22.4. The third kappa shape index (κ3) is 4.16. The van der Waals surface area contributed by atoms with Gasteiger partial charge in [0, 0.05) is 10.3 Å². The Labute approximate surface area is 161 Å². The number of anilines is 1. The molecule has 0 spiro atoms. The molecule has 0 aliphatic carbocycles.